The molecule has 2 aromatic rings. The fourth-order valence-corrected chi connectivity index (χ4v) is 7.05. The van der Waals surface area contributed by atoms with Gasteiger partial charge in [-0.15, -0.1) is 0 Å². The van der Waals surface area contributed by atoms with E-state index in [1.54, 1.807) is 4.90 Å². The van der Waals surface area contributed by atoms with Crippen molar-refractivity contribution in [1.29, 1.82) is 0 Å². The van der Waals surface area contributed by atoms with Crippen molar-refractivity contribution in [2.75, 3.05) is 19.6 Å². The molecule has 4 aliphatic rings. The van der Waals surface area contributed by atoms with Crippen LogP contribution in [-0.2, 0) is 16.8 Å². The van der Waals surface area contributed by atoms with Gasteiger partial charge >= 0.3 is 0 Å². The number of nitrogens with one attached hydrogen (secondary N) is 1. The summed E-state index contributed by atoms with van der Waals surface area (Å²) in [7, 11) is 0. The van der Waals surface area contributed by atoms with E-state index in [1.165, 1.54) is 55.2 Å². The first-order chi connectivity index (χ1) is 18.3. The predicted molar refractivity (Wildman–Crippen MR) is 149 cm³/mol. The van der Waals surface area contributed by atoms with Crippen molar-refractivity contribution in [3.05, 3.63) is 59.2 Å². The third-order valence-corrected chi connectivity index (χ3v) is 9.62. The van der Waals surface area contributed by atoms with E-state index in [1.807, 2.05) is 30.9 Å². The molecule has 0 unspecified atom stereocenters. The van der Waals surface area contributed by atoms with E-state index in [2.05, 4.69) is 35.6 Å². The lowest BCUT2D eigenvalue weighted by Crippen LogP contribution is -2.61. The summed E-state index contributed by atoms with van der Waals surface area (Å²) in [6.07, 6.45) is 8.91. The molecule has 2 N–H and O–H groups in total. The first-order valence-corrected chi connectivity index (χ1v) is 14.6. The second kappa shape index (κ2) is 9.80. The van der Waals surface area contributed by atoms with Gasteiger partial charge in [-0.25, -0.2) is 0 Å². The Balaban J connectivity index is 1.19. The molecule has 38 heavy (non-hydrogen) atoms. The summed E-state index contributed by atoms with van der Waals surface area (Å²) in [4.78, 5) is 29.9. The van der Waals surface area contributed by atoms with Crippen LogP contribution < -0.4 is 5.32 Å². The highest BCUT2D eigenvalue weighted by Crippen LogP contribution is 2.43. The third-order valence-electron chi connectivity index (χ3n) is 9.62. The number of amides is 2. The number of aliphatic hydroxyl groups is 1. The Morgan fingerprint density at radius 3 is 2.16 bits per heavy atom. The Kier molecular flexibility index (Phi) is 6.59. The summed E-state index contributed by atoms with van der Waals surface area (Å²) in [5, 5.41) is 14.0. The van der Waals surface area contributed by atoms with Crippen molar-refractivity contribution in [2.24, 2.45) is 0 Å². The Bertz CT molecular complexity index is 1210. The number of benzene rings is 2. The average molecular weight is 516 g/mol. The van der Waals surface area contributed by atoms with Gasteiger partial charge in [-0.3, -0.25) is 9.59 Å². The van der Waals surface area contributed by atoms with E-state index in [9.17, 15) is 14.7 Å². The van der Waals surface area contributed by atoms with Crippen LogP contribution in [0.1, 0.15) is 86.7 Å². The van der Waals surface area contributed by atoms with Gasteiger partial charge in [0, 0.05) is 49.2 Å². The third kappa shape index (κ3) is 4.56. The standard InChI is InChI=1S/C32H41N3O3/c1-22-20-35(30(37)32(38)15-16-32)23(2)19-34(22)29(36)25-9-7-24(8-10-25)26-11-12-27-18-33-21-31(28(27)17-26)13-5-3-4-6-14-31/h7-12,17,22-23,33,38H,3-6,13-16,18-21H2,1-2H3/t22-,23+/m1/s1. The van der Waals surface area contributed by atoms with Crippen LogP contribution in [0.3, 0.4) is 0 Å². The quantitative estimate of drug-likeness (QED) is 0.625. The number of carbonyl (C=O) groups excluding carboxylic acids is 2. The van der Waals surface area contributed by atoms with Gasteiger partial charge in [-0.1, -0.05) is 56.0 Å². The van der Waals surface area contributed by atoms with E-state index >= 15 is 0 Å². The summed E-state index contributed by atoms with van der Waals surface area (Å²) in [5.41, 5.74) is 5.09. The predicted octanol–water partition coefficient (Wildman–Crippen LogP) is 4.64. The van der Waals surface area contributed by atoms with Gasteiger partial charge in [-0.05, 0) is 73.9 Å². The van der Waals surface area contributed by atoms with E-state index in [-0.39, 0.29) is 29.3 Å². The maximum Gasteiger partial charge on any atom is 0.254 e. The largest absolute Gasteiger partial charge is 0.380 e. The Morgan fingerprint density at radius 2 is 1.47 bits per heavy atom. The normalized spacial score (nSPS) is 26.0. The molecule has 6 nitrogen and oxygen atoms in total. The minimum absolute atomic E-state index is 0.00190. The SMILES string of the molecule is C[C@@H]1CN(C(=O)C2(O)CC2)[C@@H](C)CN1C(=O)c1ccc(-c2ccc3c(c2)C2(CCCCCC2)CNC3)cc1. The van der Waals surface area contributed by atoms with Crippen LogP contribution in [0.2, 0.25) is 0 Å². The van der Waals surface area contributed by atoms with Gasteiger partial charge < -0.3 is 20.2 Å². The van der Waals surface area contributed by atoms with E-state index < -0.39 is 5.60 Å². The van der Waals surface area contributed by atoms with Gasteiger partial charge in [0.15, 0.2) is 0 Å². The topological polar surface area (TPSA) is 72.9 Å². The Morgan fingerprint density at radius 1 is 0.842 bits per heavy atom. The maximum atomic E-state index is 13.5. The van der Waals surface area contributed by atoms with Gasteiger partial charge in [0.25, 0.3) is 11.8 Å². The molecule has 6 heteroatoms. The molecule has 2 amide bonds. The van der Waals surface area contributed by atoms with Crippen LogP contribution in [0.4, 0.5) is 0 Å². The second-order valence-electron chi connectivity index (χ2n) is 12.4. The lowest BCUT2D eigenvalue weighted by atomic mass is 9.70. The van der Waals surface area contributed by atoms with Crippen molar-refractivity contribution in [1.82, 2.24) is 15.1 Å². The summed E-state index contributed by atoms with van der Waals surface area (Å²) in [6.45, 7) is 6.90. The van der Waals surface area contributed by atoms with Gasteiger partial charge in [0.1, 0.15) is 5.60 Å². The van der Waals surface area contributed by atoms with Gasteiger partial charge in [0.2, 0.25) is 0 Å². The zero-order valence-electron chi connectivity index (χ0n) is 22.8. The lowest BCUT2D eigenvalue weighted by molar-refractivity contribution is -0.147. The smallest absolute Gasteiger partial charge is 0.254 e. The number of piperazine rings is 1. The zero-order chi connectivity index (χ0) is 26.5. The first kappa shape index (κ1) is 25.6. The molecule has 3 fully saturated rings. The summed E-state index contributed by atoms with van der Waals surface area (Å²) < 4.78 is 0. The van der Waals surface area contributed by atoms with E-state index in [4.69, 9.17) is 0 Å². The van der Waals surface area contributed by atoms with Gasteiger partial charge in [0.05, 0.1) is 0 Å². The van der Waals surface area contributed by atoms with Crippen molar-refractivity contribution in [3.8, 4) is 11.1 Å². The molecule has 2 atom stereocenters. The molecule has 2 saturated carbocycles. The highest BCUT2D eigenvalue weighted by Gasteiger charge is 2.52. The molecular weight excluding hydrogens is 474 g/mol. The fourth-order valence-electron chi connectivity index (χ4n) is 7.05. The van der Waals surface area contributed by atoms with Crippen LogP contribution in [0.5, 0.6) is 0 Å². The van der Waals surface area contributed by atoms with Crippen LogP contribution in [0.15, 0.2) is 42.5 Å². The Labute approximate surface area is 226 Å². The molecule has 6 rings (SSSR count). The number of fused-ring (bicyclic) bond motifs is 2. The molecular formula is C32H41N3O3. The van der Waals surface area contributed by atoms with Crippen LogP contribution in [0.25, 0.3) is 11.1 Å². The van der Waals surface area contributed by atoms with E-state index in [0.717, 1.165) is 18.7 Å². The molecule has 2 aliphatic heterocycles. The maximum absolute atomic E-state index is 13.5. The molecule has 0 aromatic heterocycles. The van der Waals surface area contributed by atoms with Crippen LogP contribution >= 0.6 is 0 Å². The first-order valence-electron chi connectivity index (χ1n) is 14.6. The van der Waals surface area contributed by atoms with Crippen molar-refractivity contribution in [2.45, 2.75) is 94.9 Å². The molecule has 2 aliphatic carbocycles. The molecule has 2 heterocycles. The van der Waals surface area contributed by atoms with Crippen molar-refractivity contribution in [3.63, 3.8) is 0 Å². The summed E-state index contributed by atoms with van der Waals surface area (Å²) in [6, 6.07) is 14.8. The number of rotatable bonds is 3. The van der Waals surface area contributed by atoms with Crippen LogP contribution in [0, 0.1) is 0 Å². The highest BCUT2D eigenvalue weighted by molar-refractivity contribution is 5.95. The molecule has 0 bridgehead atoms. The fraction of sp³-hybridized carbons (Fsp3) is 0.562. The molecule has 2 aromatic carbocycles. The zero-order valence-corrected chi connectivity index (χ0v) is 22.8. The minimum atomic E-state index is -1.17. The van der Waals surface area contributed by atoms with Crippen molar-refractivity contribution >= 4 is 11.8 Å². The van der Waals surface area contributed by atoms with Crippen LogP contribution in [-0.4, -0.2) is 64.0 Å². The number of nitrogens with zero attached hydrogens (tertiary/aromatic N) is 2. The molecule has 1 spiro atoms. The molecule has 1 saturated heterocycles. The van der Waals surface area contributed by atoms with E-state index in [0.29, 0.717) is 31.5 Å². The van der Waals surface area contributed by atoms with Gasteiger partial charge in [-0.2, -0.15) is 0 Å². The number of carbonyl (C=O) groups is 2. The molecule has 202 valence electrons. The summed E-state index contributed by atoms with van der Waals surface area (Å²) >= 11 is 0. The highest BCUT2D eigenvalue weighted by atomic mass is 16.3. The summed E-state index contributed by atoms with van der Waals surface area (Å²) in [5.74, 6) is -0.179. The number of hydrogen-bond donors (Lipinski definition) is 2. The molecule has 0 radical (unpaired) electrons. The average Bonchev–Trinajstić information content (AvgIpc) is 3.73. The lowest BCUT2D eigenvalue weighted by Gasteiger charge is -2.44. The monoisotopic (exact) mass is 515 g/mol. The minimum Gasteiger partial charge on any atom is -0.380 e. The van der Waals surface area contributed by atoms with Crippen molar-refractivity contribution < 1.29 is 14.7 Å². The second-order valence-corrected chi connectivity index (χ2v) is 12.4. The Hall–Kier alpha value is -2.70. The number of hydrogen-bond acceptors (Lipinski definition) is 4.